The second kappa shape index (κ2) is 5.32. The van der Waals surface area contributed by atoms with E-state index in [0.29, 0.717) is 0 Å². The second-order valence-corrected chi connectivity index (χ2v) is 4.31. The van der Waals surface area contributed by atoms with Crippen molar-refractivity contribution in [3.05, 3.63) is 29.8 Å². The van der Waals surface area contributed by atoms with E-state index in [1.807, 2.05) is 24.3 Å². The Morgan fingerprint density at radius 3 is 2.44 bits per heavy atom. The second-order valence-electron chi connectivity index (χ2n) is 4.31. The van der Waals surface area contributed by atoms with Crippen molar-refractivity contribution >= 4 is 0 Å². The summed E-state index contributed by atoms with van der Waals surface area (Å²) in [6, 6.07) is 7.36. The average Bonchev–Trinajstić information content (AvgIpc) is 2.33. The molecule has 0 bridgehead atoms. The van der Waals surface area contributed by atoms with Gasteiger partial charge in [-0.2, -0.15) is 0 Å². The molecule has 2 rings (SSSR count). The predicted octanol–water partition coefficient (Wildman–Crippen LogP) is 1.86. The lowest BCUT2D eigenvalue weighted by molar-refractivity contribution is 0.00686. The van der Waals surface area contributed by atoms with Crippen LogP contribution in [0.1, 0.15) is 31.2 Å². The summed E-state index contributed by atoms with van der Waals surface area (Å²) < 4.78 is 5.74. The fraction of sp³-hybridized carbons (Fsp3) is 0.538. The number of hydrogen-bond donors (Lipinski definition) is 2. The third-order valence-corrected chi connectivity index (χ3v) is 3.06. The van der Waals surface area contributed by atoms with Crippen molar-refractivity contribution in [2.24, 2.45) is 0 Å². The lowest BCUT2D eigenvalue weighted by Crippen LogP contribution is -2.34. The monoisotopic (exact) mass is 222 g/mol. The topological polar surface area (TPSA) is 49.7 Å². The van der Waals surface area contributed by atoms with Gasteiger partial charge in [0.25, 0.3) is 0 Å². The van der Waals surface area contributed by atoms with Gasteiger partial charge in [0.2, 0.25) is 0 Å². The maximum absolute atomic E-state index is 9.77. The Kier molecular flexibility index (Phi) is 3.80. The molecule has 1 aromatic rings. The van der Waals surface area contributed by atoms with Gasteiger partial charge >= 0.3 is 0 Å². The van der Waals surface area contributed by atoms with Gasteiger partial charge in [-0.25, -0.2) is 0 Å². The molecular weight excluding hydrogens is 204 g/mol. The molecule has 0 saturated heterocycles. The zero-order valence-electron chi connectivity index (χ0n) is 9.30. The van der Waals surface area contributed by atoms with E-state index in [0.717, 1.165) is 37.0 Å². The lowest BCUT2D eigenvalue weighted by Gasteiger charge is -2.28. The molecule has 0 radical (unpaired) electrons. The minimum Gasteiger partial charge on any atom is -0.488 e. The van der Waals surface area contributed by atoms with Crippen LogP contribution in [0.25, 0.3) is 0 Å². The molecular formula is C13H18O3. The van der Waals surface area contributed by atoms with Crippen molar-refractivity contribution in [1.82, 2.24) is 0 Å². The van der Waals surface area contributed by atoms with Crippen LogP contribution in [0.5, 0.6) is 5.75 Å². The first-order valence-corrected chi connectivity index (χ1v) is 5.84. The molecule has 1 aromatic carbocycles. The van der Waals surface area contributed by atoms with Crippen LogP contribution in [0.15, 0.2) is 24.3 Å². The summed E-state index contributed by atoms with van der Waals surface area (Å²) in [7, 11) is 0. The summed E-state index contributed by atoms with van der Waals surface area (Å²) in [6.45, 7) is 0.0479. The van der Waals surface area contributed by atoms with Crippen molar-refractivity contribution in [2.75, 3.05) is 0 Å². The van der Waals surface area contributed by atoms with Crippen LogP contribution in [0.2, 0.25) is 0 Å². The van der Waals surface area contributed by atoms with Gasteiger partial charge in [-0.3, -0.25) is 0 Å². The fourth-order valence-electron chi connectivity index (χ4n) is 2.06. The SMILES string of the molecule is OCc1ccc(O[C@H]2CCCC[C@@H]2O)cc1. The molecule has 0 amide bonds. The van der Waals surface area contributed by atoms with E-state index in [1.54, 1.807) is 0 Å². The fourth-order valence-corrected chi connectivity index (χ4v) is 2.06. The highest BCUT2D eigenvalue weighted by Crippen LogP contribution is 2.24. The highest BCUT2D eigenvalue weighted by molar-refractivity contribution is 5.27. The Morgan fingerprint density at radius 1 is 1.12 bits per heavy atom. The van der Waals surface area contributed by atoms with E-state index < -0.39 is 0 Å². The molecule has 0 aliphatic heterocycles. The molecule has 16 heavy (non-hydrogen) atoms. The standard InChI is InChI=1S/C13H18O3/c14-9-10-5-7-11(8-6-10)16-13-4-2-1-3-12(13)15/h5-8,12-15H,1-4,9H2/t12-,13-/m0/s1. The third kappa shape index (κ3) is 2.74. The quantitative estimate of drug-likeness (QED) is 0.820. The van der Waals surface area contributed by atoms with Gasteiger partial charge in [0.1, 0.15) is 11.9 Å². The van der Waals surface area contributed by atoms with Gasteiger partial charge in [0.05, 0.1) is 12.7 Å². The number of ether oxygens (including phenoxy) is 1. The largest absolute Gasteiger partial charge is 0.488 e. The summed E-state index contributed by atoms with van der Waals surface area (Å²) in [5.41, 5.74) is 0.872. The first-order chi connectivity index (χ1) is 7.79. The molecule has 2 N–H and O–H groups in total. The Labute approximate surface area is 95.7 Å². The smallest absolute Gasteiger partial charge is 0.124 e. The van der Waals surface area contributed by atoms with E-state index in [-0.39, 0.29) is 18.8 Å². The summed E-state index contributed by atoms with van der Waals surface area (Å²) >= 11 is 0. The Bertz CT molecular complexity index is 320. The molecule has 3 nitrogen and oxygen atoms in total. The summed E-state index contributed by atoms with van der Waals surface area (Å²) in [5.74, 6) is 0.767. The molecule has 0 spiro atoms. The number of hydrogen-bond acceptors (Lipinski definition) is 3. The molecule has 1 aliphatic carbocycles. The number of aliphatic hydroxyl groups is 2. The van der Waals surface area contributed by atoms with Crippen LogP contribution < -0.4 is 4.74 Å². The third-order valence-electron chi connectivity index (χ3n) is 3.06. The molecule has 0 unspecified atom stereocenters. The van der Waals surface area contributed by atoms with Crippen molar-refractivity contribution in [3.8, 4) is 5.75 Å². The van der Waals surface area contributed by atoms with Crippen LogP contribution in [0.3, 0.4) is 0 Å². The summed E-state index contributed by atoms with van der Waals surface area (Å²) in [4.78, 5) is 0. The van der Waals surface area contributed by atoms with E-state index in [2.05, 4.69) is 0 Å². The van der Waals surface area contributed by atoms with Gasteiger partial charge in [0.15, 0.2) is 0 Å². The van der Waals surface area contributed by atoms with Crippen molar-refractivity contribution in [1.29, 1.82) is 0 Å². The average molecular weight is 222 g/mol. The van der Waals surface area contributed by atoms with Crippen LogP contribution in [-0.4, -0.2) is 22.4 Å². The van der Waals surface area contributed by atoms with Gasteiger partial charge in [-0.15, -0.1) is 0 Å². The van der Waals surface area contributed by atoms with Crippen LogP contribution in [0.4, 0.5) is 0 Å². The van der Waals surface area contributed by atoms with Gasteiger partial charge < -0.3 is 14.9 Å². The molecule has 88 valence electrons. The first kappa shape index (κ1) is 11.4. The highest BCUT2D eigenvalue weighted by atomic mass is 16.5. The molecule has 0 aromatic heterocycles. The first-order valence-electron chi connectivity index (χ1n) is 5.84. The van der Waals surface area contributed by atoms with Crippen molar-refractivity contribution < 1.29 is 14.9 Å². The number of rotatable bonds is 3. The maximum atomic E-state index is 9.77. The Morgan fingerprint density at radius 2 is 1.81 bits per heavy atom. The van der Waals surface area contributed by atoms with Gasteiger partial charge in [0, 0.05) is 0 Å². The molecule has 3 heteroatoms. The minimum absolute atomic E-state index is 0.0479. The Hall–Kier alpha value is -1.06. The van der Waals surface area contributed by atoms with E-state index in [1.165, 1.54) is 0 Å². The van der Waals surface area contributed by atoms with Crippen molar-refractivity contribution in [3.63, 3.8) is 0 Å². The number of benzene rings is 1. The maximum Gasteiger partial charge on any atom is 0.124 e. The normalized spacial score (nSPS) is 25.4. The Balaban J connectivity index is 1.96. The van der Waals surface area contributed by atoms with E-state index >= 15 is 0 Å². The van der Waals surface area contributed by atoms with Gasteiger partial charge in [-0.1, -0.05) is 18.6 Å². The van der Waals surface area contributed by atoms with E-state index in [9.17, 15) is 5.11 Å². The molecule has 1 fully saturated rings. The zero-order valence-corrected chi connectivity index (χ0v) is 9.30. The van der Waals surface area contributed by atoms with Gasteiger partial charge in [-0.05, 0) is 37.0 Å². The highest BCUT2D eigenvalue weighted by Gasteiger charge is 2.24. The predicted molar refractivity (Wildman–Crippen MR) is 61.3 cm³/mol. The summed E-state index contributed by atoms with van der Waals surface area (Å²) in [6.07, 6.45) is 3.54. The minimum atomic E-state index is -0.341. The molecule has 1 saturated carbocycles. The number of aliphatic hydroxyl groups excluding tert-OH is 2. The van der Waals surface area contributed by atoms with Crippen LogP contribution in [0, 0.1) is 0 Å². The zero-order chi connectivity index (χ0) is 11.4. The van der Waals surface area contributed by atoms with E-state index in [4.69, 9.17) is 9.84 Å². The van der Waals surface area contributed by atoms with Crippen LogP contribution >= 0.6 is 0 Å². The van der Waals surface area contributed by atoms with Crippen molar-refractivity contribution in [2.45, 2.75) is 44.5 Å². The lowest BCUT2D eigenvalue weighted by atomic mass is 9.95. The molecule has 2 atom stereocenters. The van der Waals surface area contributed by atoms with Crippen LogP contribution in [-0.2, 0) is 6.61 Å². The summed E-state index contributed by atoms with van der Waals surface area (Å²) in [5, 5.41) is 18.7. The molecule has 1 aliphatic rings. The molecule has 0 heterocycles.